The molecule has 19 heavy (non-hydrogen) atoms. The van der Waals surface area contributed by atoms with E-state index < -0.39 is 11.6 Å². The number of esters is 2. The molecule has 0 aromatic rings. The lowest BCUT2D eigenvalue weighted by Gasteiger charge is -2.19. The average Bonchev–Trinajstić information content (AvgIpc) is 2.24. The highest BCUT2D eigenvalue weighted by atomic mass is 16.6. The normalized spacial score (nSPS) is 10.9. The largest absolute Gasteiger partial charge is 0.460 e. The monoisotopic (exact) mass is 272 g/mol. The summed E-state index contributed by atoms with van der Waals surface area (Å²) in [5, 5.41) is 0. The second-order valence-electron chi connectivity index (χ2n) is 5.22. The first kappa shape index (κ1) is 17.6. The van der Waals surface area contributed by atoms with Gasteiger partial charge in [0.25, 0.3) is 0 Å². The Balaban J connectivity index is 3.44. The molecule has 0 radical (unpaired) electrons. The topological polar surface area (TPSA) is 61.8 Å². The highest BCUT2D eigenvalue weighted by Crippen LogP contribution is 2.09. The summed E-state index contributed by atoms with van der Waals surface area (Å²) in [4.78, 5) is 22.4. The van der Waals surface area contributed by atoms with E-state index in [4.69, 9.17) is 14.2 Å². The standard InChI is InChI=1S/C14H24O5/c1-11(2)13(16)18-10-9-17-8-6-7-12(15)19-14(3,4)5/h1,6-10H2,2-5H3. The van der Waals surface area contributed by atoms with Crippen molar-refractivity contribution in [2.24, 2.45) is 0 Å². The van der Waals surface area contributed by atoms with Crippen LogP contribution in [0, 0.1) is 0 Å². The van der Waals surface area contributed by atoms with E-state index in [0.717, 1.165) is 0 Å². The van der Waals surface area contributed by atoms with E-state index in [9.17, 15) is 9.59 Å². The fraction of sp³-hybridized carbons (Fsp3) is 0.714. The van der Waals surface area contributed by atoms with Gasteiger partial charge in [0.05, 0.1) is 6.61 Å². The van der Waals surface area contributed by atoms with Crippen LogP contribution in [-0.2, 0) is 23.8 Å². The number of carbonyl (C=O) groups is 2. The number of carbonyl (C=O) groups excluding carboxylic acids is 2. The van der Waals surface area contributed by atoms with Crippen LogP contribution in [0.5, 0.6) is 0 Å². The van der Waals surface area contributed by atoms with Crippen molar-refractivity contribution in [2.45, 2.75) is 46.1 Å². The minimum atomic E-state index is -0.450. The average molecular weight is 272 g/mol. The Hall–Kier alpha value is -1.36. The molecular weight excluding hydrogens is 248 g/mol. The Labute approximate surface area is 114 Å². The molecule has 0 N–H and O–H groups in total. The fourth-order valence-corrected chi connectivity index (χ4v) is 1.13. The Bertz CT molecular complexity index is 314. The maximum atomic E-state index is 11.4. The van der Waals surface area contributed by atoms with E-state index >= 15 is 0 Å². The molecule has 0 fully saturated rings. The highest BCUT2D eigenvalue weighted by molar-refractivity contribution is 5.86. The van der Waals surface area contributed by atoms with E-state index in [-0.39, 0.29) is 12.6 Å². The quantitative estimate of drug-likeness (QED) is 0.385. The second kappa shape index (κ2) is 8.69. The molecule has 0 unspecified atom stereocenters. The molecule has 5 heteroatoms. The summed E-state index contributed by atoms with van der Waals surface area (Å²) in [6.07, 6.45) is 0.909. The van der Waals surface area contributed by atoms with Gasteiger partial charge >= 0.3 is 11.9 Å². The lowest BCUT2D eigenvalue weighted by atomic mass is 10.2. The molecule has 0 rings (SSSR count). The molecule has 0 aliphatic carbocycles. The van der Waals surface area contributed by atoms with Crippen LogP contribution in [0.3, 0.4) is 0 Å². The third kappa shape index (κ3) is 11.5. The van der Waals surface area contributed by atoms with Gasteiger partial charge in [0, 0.05) is 18.6 Å². The van der Waals surface area contributed by atoms with Gasteiger partial charge < -0.3 is 14.2 Å². The summed E-state index contributed by atoms with van der Waals surface area (Å²) in [6, 6.07) is 0. The van der Waals surface area contributed by atoms with Crippen molar-refractivity contribution in [1.29, 1.82) is 0 Å². The second-order valence-corrected chi connectivity index (χ2v) is 5.22. The van der Waals surface area contributed by atoms with Crippen LogP contribution in [-0.4, -0.2) is 37.4 Å². The predicted octanol–water partition coefficient (Wildman–Crippen LogP) is 2.24. The van der Waals surface area contributed by atoms with Crippen LogP contribution in [0.15, 0.2) is 12.2 Å². The molecule has 0 saturated carbocycles. The zero-order valence-electron chi connectivity index (χ0n) is 12.3. The summed E-state index contributed by atoms with van der Waals surface area (Å²) < 4.78 is 15.2. The van der Waals surface area contributed by atoms with E-state index in [1.807, 2.05) is 20.8 Å². The van der Waals surface area contributed by atoms with Crippen LogP contribution in [0.25, 0.3) is 0 Å². The van der Waals surface area contributed by atoms with Crippen molar-refractivity contribution in [3.63, 3.8) is 0 Å². The van der Waals surface area contributed by atoms with E-state index in [2.05, 4.69) is 6.58 Å². The third-order valence-corrected chi connectivity index (χ3v) is 1.90. The van der Waals surface area contributed by atoms with E-state index in [1.165, 1.54) is 0 Å². The Kier molecular flexibility index (Phi) is 8.07. The molecule has 0 atom stereocenters. The molecule has 0 aliphatic heterocycles. The molecule has 110 valence electrons. The molecule has 0 saturated heterocycles. The predicted molar refractivity (Wildman–Crippen MR) is 71.7 cm³/mol. The van der Waals surface area contributed by atoms with Gasteiger partial charge in [-0.05, 0) is 34.1 Å². The van der Waals surface area contributed by atoms with Gasteiger partial charge in [-0.3, -0.25) is 4.79 Å². The number of hydrogen-bond acceptors (Lipinski definition) is 5. The minimum Gasteiger partial charge on any atom is -0.460 e. The van der Waals surface area contributed by atoms with Crippen molar-refractivity contribution in [1.82, 2.24) is 0 Å². The summed E-state index contributed by atoms with van der Waals surface area (Å²) in [6.45, 7) is 11.5. The molecule has 5 nitrogen and oxygen atoms in total. The number of hydrogen-bond donors (Lipinski definition) is 0. The molecule has 0 aliphatic rings. The molecule has 0 heterocycles. The van der Waals surface area contributed by atoms with Crippen molar-refractivity contribution in [3.05, 3.63) is 12.2 Å². The van der Waals surface area contributed by atoms with Gasteiger partial charge in [0.15, 0.2) is 0 Å². The first-order valence-electron chi connectivity index (χ1n) is 6.34. The minimum absolute atomic E-state index is 0.193. The zero-order chi connectivity index (χ0) is 14.9. The van der Waals surface area contributed by atoms with Crippen LogP contribution in [0.4, 0.5) is 0 Å². The fourth-order valence-electron chi connectivity index (χ4n) is 1.13. The SMILES string of the molecule is C=C(C)C(=O)OCCOCCCC(=O)OC(C)(C)C. The third-order valence-electron chi connectivity index (χ3n) is 1.90. The van der Waals surface area contributed by atoms with Crippen LogP contribution in [0.1, 0.15) is 40.5 Å². The molecule has 0 amide bonds. The first-order valence-corrected chi connectivity index (χ1v) is 6.34. The summed E-state index contributed by atoms with van der Waals surface area (Å²) >= 11 is 0. The number of rotatable bonds is 8. The Morgan fingerprint density at radius 3 is 2.26 bits per heavy atom. The Morgan fingerprint density at radius 2 is 1.74 bits per heavy atom. The molecule has 0 bridgehead atoms. The lowest BCUT2D eigenvalue weighted by Crippen LogP contribution is -2.23. The van der Waals surface area contributed by atoms with Gasteiger partial charge in [-0.1, -0.05) is 6.58 Å². The highest BCUT2D eigenvalue weighted by Gasteiger charge is 2.15. The molecular formula is C14H24O5. The summed E-state index contributed by atoms with van der Waals surface area (Å²) in [5.41, 5.74) is -0.0840. The zero-order valence-corrected chi connectivity index (χ0v) is 12.3. The van der Waals surface area contributed by atoms with Crippen molar-refractivity contribution in [2.75, 3.05) is 19.8 Å². The summed E-state index contributed by atoms with van der Waals surface area (Å²) in [7, 11) is 0. The Morgan fingerprint density at radius 1 is 1.11 bits per heavy atom. The maximum Gasteiger partial charge on any atom is 0.333 e. The van der Waals surface area contributed by atoms with E-state index in [1.54, 1.807) is 6.92 Å². The lowest BCUT2D eigenvalue weighted by molar-refractivity contribution is -0.155. The van der Waals surface area contributed by atoms with Crippen molar-refractivity contribution < 1.29 is 23.8 Å². The van der Waals surface area contributed by atoms with Gasteiger partial charge in [-0.15, -0.1) is 0 Å². The van der Waals surface area contributed by atoms with Crippen molar-refractivity contribution >= 4 is 11.9 Å². The van der Waals surface area contributed by atoms with Crippen LogP contribution >= 0.6 is 0 Å². The van der Waals surface area contributed by atoms with E-state index in [0.29, 0.717) is 31.6 Å². The van der Waals surface area contributed by atoms with Crippen LogP contribution in [0.2, 0.25) is 0 Å². The van der Waals surface area contributed by atoms with Gasteiger partial charge in [-0.2, -0.15) is 0 Å². The van der Waals surface area contributed by atoms with Crippen molar-refractivity contribution in [3.8, 4) is 0 Å². The van der Waals surface area contributed by atoms with Crippen LogP contribution < -0.4 is 0 Å². The molecule has 0 aromatic heterocycles. The first-order chi connectivity index (χ1) is 8.72. The van der Waals surface area contributed by atoms with Gasteiger partial charge in [0.1, 0.15) is 12.2 Å². The summed E-state index contributed by atoms with van der Waals surface area (Å²) in [5.74, 6) is -0.651. The molecule has 0 spiro atoms. The molecule has 0 aromatic carbocycles. The number of ether oxygens (including phenoxy) is 3. The van der Waals surface area contributed by atoms with Gasteiger partial charge in [0.2, 0.25) is 0 Å². The van der Waals surface area contributed by atoms with Gasteiger partial charge in [-0.25, -0.2) is 4.79 Å². The maximum absolute atomic E-state index is 11.4. The smallest absolute Gasteiger partial charge is 0.333 e.